The van der Waals surface area contributed by atoms with E-state index in [0.29, 0.717) is 11.7 Å². The minimum absolute atomic E-state index is 0.0696. The fraction of sp³-hybridized carbons (Fsp3) is 0.500. The van der Waals surface area contributed by atoms with Crippen LogP contribution in [-0.2, 0) is 0 Å². The van der Waals surface area contributed by atoms with Gasteiger partial charge in [0.1, 0.15) is 0 Å². The maximum Gasteiger partial charge on any atom is 0.321 e. The van der Waals surface area contributed by atoms with Crippen molar-refractivity contribution >= 4 is 17.4 Å². The van der Waals surface area contributed by atoms with E-state index in [1.807, 2.05) is 18.2 Å². The van der Waals surface area contributed by atoms with Crippen molar-refractivity contribution in [3.8, 4) is 0 Å². The second-order valence-electron chi connectivity index (χ2n) is 4.90. The highest BCUT2D eigenvalue weighted by atomic mass is 16.2. The average molecular weight is 247 g/mol. The lowest BCUT2D eigenvalue weighted by Gasteiger charge is -2.26. The van der Waals surface area contributed by atoms with E-state index in [0.717, 1.165) is 18.5 Å². The molecule has 0 aliphatic heterocycles. The Morgan fingerprint density at radius 3 is 2.61 bits per heavy atom. The van der Waals surface area contributed by atoms with Crippen LogP contribution in [0.4, 0.5) is 16.2 Å². The summed E-state index contributed by atoms with van der Waals surface area (Å²) in [7, 11) is 1.75. The summed E-state index contributed by atoms with van der Waals surface area (Å²) < 4.78 is 0. The molecule has 0 saturated heterocycles. The van der Waals surface area contributed by atoms with Gasteiger partial charge in [0.25, 0.3) is 0 Å². The predicted octanol–water partition coefficient (Wildman–Crippen LogP) is 2.75. The normalized spacial score (nSPS) is 16.3. The van der Waals surface area contributed by atoms with E-state index in [2.05, 4.69) is 5.32 Å². The molecular weight excluding hydrogens is 226 g/mol. The van der Waals surface area contributed by atoms with Crippen LogP contribution in [0, 0.1) is 0 Å². The van der Waals surface area contributed by atoms with Crippen LogP contribution in [0.3, 0.4) is 0 Å². The molecule has 1 fully saturated rings. The van der Waals surface area contributed by atoms with Gasteiger partial charge in [-0.15, -0.1) is 0 Å². The molecule has 1 aromatic rings. The minimum atomic E-state index is -0.0696. The number of urea groups is 1. The first-order valence-electron chi connectivity index (χ1n) is 6.57. The van der Waals surface area contributed by atoms with Gasteiger partial charge in [0, 0.05) is 13.1 Å². The van der Waals surface area contributed by atoms with Crippen molar-refractivity contribution in [2.24, 2.45) is 0 Å². The highest BCUT2D eigenvalue weighted by Gasteiger charge is 2.19. The number of carbonyl (C=O) groups excluding carboxylic acids is 1. The Balaban J connectivity index is 1.98. The number of nitrogens with two attached hydrogens (primary N) is 1. The summed E-state index contributed by atoms with van der Waals surface area (Å²) >= 11 is 0. The van der Waals surface area contributed by atoms with Gasteiger partial charge in [-0.2, -0.15) is 0 Å². The molecule has 0 spiro atoms. The van der Waals surface area contributed by atoms with Gasteiger partial charge in [-0.05, 0) is 25.0 Å². The van der Waals surface area contributed by atoms with E-state index < -0.39 is 0 Å². The molecule has 4 heteroatoms. The van der Waals surface area contributed by atoms with Crippen LogP contribution in [0.2, 0.25) is 0 Å². The van der Waals surface area contributed by atoms with Crippen LogP contribution >= 0.6 is 0 Å². The van der Waals surface area contributed by atoms with Crippen molar-refractivity contribution in [2.75, 3.05) is 17.7 Å². The maximum absolute atomic E-state index is 12.1. The van der Waals surface area contributed by atoms with Crippen LogP contribution in [0.5, 0.6) is 0 Å². The van der Waals surface area contributed by atoms with E-state index in [1.165, 1.54) is 19.3 Å². The highest BCUT2D eigenvalue weighted by molar-refractivity contribution is 5.94. The number of nitrogens with one attached hydrogen (secondary N) is 1. The lowest BCUT2D eigenvalue weighted by Crippen LogP contribution is -2.44. The van der Waals surface area contributed by atoms with E-state index >= 15 is 0 Å². The number of carbonyl (C=O) groups is 1. The van der Waals surface area contributed by atoms with E-state index in [9.17, 15) is 4.79 Å². The highest BCUT2D eigenvalue weighted by Crippen LogP contribution is 2.22. The number of hydrogen-bond acceptors (Lipinski definition) is 2. The summed E-state index contributed by atoms with van der Waals surface area (Å²) in [6.45, 7) is 0. The van der Waals surface area contributed by atoms with Crippen molar-refractivity contribution < 1.29 is 4.79 Å². The van der Waals surface area contributed by atoms with Gasteiger partial charge < -0.3 is 11.1 Å². The van der Waals surface area contributed by atoms with Gasteiger partial charge in [0.05, 0.1) is 11.4 Å². The molecule has 0 heterocycles. The Bertz CT molecular complexity index is 413. The van der Waals surface area contributed by atoms with Crippen LogP contribution in [0.15, 0.2) is 24.3 Å². The van der Waals surface area contributed by atoms with E-state index in [-0.39, 0.29) is 6.03 Å². The molecule has 4 nitrogen and oxygen atoms in total. The Morgan fingerprint density at radius 1 is 1.28 bits per heavy atom. The Labute approximate surface area is 108 Å². The standard InChI is InChI=1S/C14H21N3O/c1-17(13-10-6-5-9-12(13)15)14(18)16-11-7-3-2-4-8-11/h5-6,9-11H,2-4,7-8,15H2,1H3,(H,16,18). The van der Waals surface area contributed by atoms with Gasteiger partial charge in [-0.3, -0.25) is 4.90 Å². The average Bonchev–Trinajstić information content (AvgIpc) is 2.39. The number of nitrogens with zero attached hydrogens (tertiary/aromatic N) is 1. The van der Waals surface area contributed by atoms with Crippen molar-refractivity contribution in [3.05, 3.63) is 24.3 Å². The number of anilines is 2. The molecule has 0 bridgehead atoms. The number of hydrogen-bond donors (Lipinski definition) is 2. The first-order valence-corrected chi connectivity index (χ1v) is 6.57. The summed E-state index contributed by atoms with van der Waals surface area (Å²) in [5, 5.41) is 3.08. The van der Waals surface area contributed by atoms with Gasteiger partial charge in [0.2, 0.25) is 0 Å². The molecule has 18 heavy (non-hydrogen) atoms. The van der Waals surface area contributed by atoms with Crippen molar-refractivity contribution in [3.63, 3.8) is 0 Å². The molecular formula is C14H21N3O. The van der Waals surface area contributed by atoms with Gasteiger partial charge in [-0.25, -0.2) is 4.79 Å². The van der Waals surface area contributed by atoms with Gasteiger partial charge >= 0.3 is 6.03 Å². The molecule has 2 amide bonds. The second kappa shape index (κ2) is 5.76. The van der Waals surface area contributed by atoms with Crippen LogP contribution in [0.25, 0.3) is 0 Å². The topological polar surface area (TPSA) is 58.4 Å². The first kappa shape index (κ1) is 12.7. The van der Waals surface area contributed by atoms with Crippen LogP contribution < -0.4 is 16.0 Å². The maximum atomic E-state index is 12.1. The van der Waals surface area contributed by atoms with E-state index in [4.69, 9.17) is 5.73 Å². The van der Waals surface area contributed by atoms with Crippen molar-refractivity contribution in [1.29, 1.82) is 0 Å². The Hall–Kier alpha value is -1.71. The number of para-hydroxylation sites is 2. The smallest absolute Gasteiger partial charge is 0.321 e. The molecule has 0 aromatic heterocycles. The number of rotatable bonds is 2. The molecule has 1 aliphatic carbocycles. The summed E-state index contributed by atoms with van der Waals surface area (Å²) in [6.07, 6.45) is 5.88. The summed E-state index contributed by atoms with van der Waals surface area (Å²) in [5.41, 5.74) is 7.25. The molecule has 1 aliphatic rings. The lowest BCUT2D eigenvalue weighted by atomic mass is 9.96. The molecule has 0 radical (unpaired) electrons. The minimum Gasteiger partial charge on any atom is -0.397 e. The lowest BCUT2D eigenvalue weighted by molar-refractivity contribution is 0.239. The number of amides is 2. The first-order chi connectivity index (χ1) is 8.68. The third kappa shape index (κ3) is 2.94. The monoisotopic (exact) mass is 247 g/mol. The molecule has 3 N–H and O–H groups in total. The zero-order chi connectivity index (χ0) is 13.0. The molecule has 1 aromatic carbocycles. The Morgan fingerprint density at radius 2 is 1.94 bits per heavy atom. The number of nitrogen functional groups attached to an aromatic ring is 1. The van der Waals surface area contributed by atoms with Gasteiger partial charge in [0.15, 0.2) is 0 Å². The summed E-state index contributed by atoms with van der Waals surface area (Å²) in [4.78, 5) is 13.7. The summed E-state index contributed by atoms with van der Waals surface area (Å²) in [5.74, 6) is 0. The molecule has 98 valence electrons. The number of benzene rings is 1. The molecule has 1 saturated carbocycles. The zero-order valence-electron chi connectivity index (χ0n) is 10.9. The molecule has 0 atom stereocenters. The zero-order valence-corrected chi connectivity index (χ0v) is 10.9. The molecule has 0 unspecified atom stereocenters. The van der Waals surface area contributed by atoms with Crippen LogP contribution in [-0.4, -0.2) is 19.1 Å². The fourth-order valence-electron chi connectivity index (χ4n) is 2.42. The predicted molar refractivity (Wildman–Crippen MR) is 74.7 cm³/mol. The largest absolute Gasteiger partial charge is 0.397 e. The fourth-order valence-corrected chi connectivity index (χ4v) is 2.42. The Kier molecular flexibility index (Phi) is 4.07. The molecule has 2 rings (SSSR count). The summed E-state index contributed by atoms with van der Waals surface area (Å²) in [6, 6.07) is 7.66. The van der Waals surface area contributed by atoms with Crippen LogP contribution in [0.1, 0.15) is 32.1 Å². The third-order valence-electron chi connectivity index (χ3n) is 3.54. The van der Waals surface area contributed by atoms with E-state index in [1.54, 1.807) is 18.0 Å². The third-order valence-corrected chi connectivity index (χ3v) is 3.54. The van der Waals surface area contributed by atoms with Crippen molar-refractivity contribution in [2.45, 2.75) is 38.1 Å². The second-order valence-corrected chi connectivity index (χ2v) is 4.90. The van der Waals surface area contributed by atoms with Crippen molar-refractivity contribution in [1.82, 2.24) is 5.32 Å². The quantitative estimate of drug-likeness (QED) is 0.789. The van der Waals surface area contributed by atoms with Gasteiger partial charge in [-0.1, -0.05) is 31.4 Å². The SMILES string of the molecule is CN(C(=O)NC1CCCCC1)c1ccccc1N.